The molecule has 0 heterocycles. The number of benzene rings is 1. The number of methoxy groups -OCH3 is 1. The molecule has 0 spiro atoms. The van der Waals surface area contributed by atoms with E-state index in [1.54, 1.807) is 0 Å². The van der Waals surface area contributed by atoms with Gasteiger partial charge in [0.2, 0.25) is 0 Å². The van der Waals surface area contributed by atoms with Crippen LogP contribution in [0, 0.1) is 0 Å². The second-order valence-electron chi connectivity index (χ2n) is 3.60. The summed E-state index contributed by atoms with van der Waals surface area (Å²) >= 11 is 0. The Labute approximate surface area is 105 Å². The predicted octanol–water partition coefficient (Wildman–Crippen LogP) is 3.77. The van der Waals surface area contributed by atoms with E-state index in [0.29, 0.717) is 6.42 Å². The van der Waals surface area contributed by atoms with E-state index in [-0.39, 0.29) is 5.97 Å². The minimum atomic E-state index is -0.123. The minimum absolute atomic E-state index is 0.123. The van der Waals surface area contributed by atoms with Gasteiger partial charge in [0, 0.05) is 6.42 Å². The molecule has 1 aromatic rings. The first-order valence-electron chi connectivity index (χ1n) is 6.41. The van der Waals surface area contributed by atoms with Crippen molar-refractivity contribution in [3.05, 3.63) is 35.4 Å². The van der Waals surface area contributed by atoms with E-state index in [0.717, 1.165) is 19.3 Å². The molecule has 0 N–H and O–H groups in total. The quantitative estimate of drug-likeness (QED) is 0.727. The number of esters is 1. The summed E-state index contributed by atoms with van der Waals surface area (Å²) in [6.45, 7) is 6.15. The predicted molar refractivity (Wildman–Crippen MR) is 72.1 cm³/mol. The maximum Gasteiger partial charge on any atom is 0.305 e. The van der Waals surface area contributed by atoms with E-state index in [9.17, 15) is 4.79 Å². The first-order chi connectivity index (χ1) is 8.26. The zero-order valence-corrected chi connectivity index (χ0v) is 11.5. The molecular formula is C15H24O2. The summed E-state index contributed by atoms with van der Waals surface area (Å²) < 4.78 is 4.59. The smallest absolute Gasteiger partial charge is 0.305 e. The molecule has 0 aromatic heterocycles. The molecule has 96 valence electrons. The molecule has 0 bridgehead atoms. The lowest BCUT2D eigenvalue weighted by Gasteiger charge is -2.03. The molecule has 0 aliphatic rings. The van der Waals surface area contributed by atoms with Gasteiger partial charge in [0.1, 0.15) is 0 Å². The van der Waals surface area contributed by atoms with Crippen LogP contribution >= 0.6 is 0 Å². The molecule has 0 saturated heterocycles. The normalized spacial score (nSPS) is 9.18. The minimum Gasteiger partial charge on any atom is -0.469 e. The van der Waals surface area contributed by atoms with Gasteiger partial charge in [-0.05, 0) is 30.4 Å². The molecule has 1 aromatic carbocycles. The van der Waals surface area contributed by atoms with Crippen LogP contribution in [-0.2, 0) is 22.4 Å². The van der Waals surface area contributed by atoms with Crippen molar-refractivity contribution >= 4 is 5.97 Å². The van der Waals surface area contributed by atoms with Crippen LogP contribution in [0.2, 0.25) is 0 Å². The van der Waals surface area contributed by atoms with Gasteiger partial charge in [0.25, 0.3) is 0 Å². The van der Waals surface area contributed by atoms with E-state index in [1.807, 2.05) is 13.8 Å². The van der Waals surface area contributed by atoms with Gasteiger partial charge in [0.05, 0.1) is 7.11 Å². The number of carbonyl (C=O) groups excluding carboxylic acids is 1. The molecule has 0 atom stereocenters. The summed E-state index contributed by atoms with van der Waals surface area (Å²) in [6.07, 6.45) is 3.38. The Morgan fingerprint density at radius 1 is 1.24 bits per heavy atom. The SMILES string of the molecule is CC.CCc1cccc(CCCC(=O)OC)c1. The van der Waals surface area contributed by atoms with Crippen LogP contribution in [0.4, 0.5) is 0 Å². The average Bonchev–Trinajstić information content (AvgIpc) is 2.41. The second kappa shape index (κ2) is 9.88. The molecule has 0 unspecified atom stereocenters. The van der Waals surface area contributed by atoms with Gasteiger partial charge in [-0.3, -0.25) is 4.79 Å². The van der Waals surface area contributed by atoms with Crippen molar-refractivity contribution < 1.29 is 9.53 Å². The Balaban J connectivity index is 0.00000121. The van der Waals surface area contributed by atoms with Crippen molar-refractivity contribution in [2.24, 2.45) is 0 Å². The first-order valence-corrected chi connectivity index (χ1v) is 6.41. The number of aryl methyl sites for hydroxylation is 2. The summed E-state index contributed by atoms with van der Waals surface area (Å²) in [4.78, 5) is 10.9. The van der Waals surface area contributed by atoms with Gasteiger partial charge in [-0.15, -0.1) is 0 Å². The monoisotopic (exact) mass is 236 g/mol. The van der Waals surface area contributed by atoms with E-state index >= 15 is 0 Å². The topological polar surface area (TPSA) is 26.3 Å². The fourth-order valence-electron chi connectivity index (χ4n) is 1.54. The first kappa shape index (κ1) is 15.7. The second-order valence-corrected chi connectivity index (χ2v) is 3.60. The van der Waals surface area contributed by atoms with E-state index in [4.69, 9.17) is 0 Å². The summed E-state index contributed by atoms with van der Waals surface area (Å²) in [6, 6.07) is 8.52. The van der Waals surface area contributed by atoms with Crippen LogP contribution in [0.25, 0.3) is 0 Å². The zero-order valence-electron chi connectivity index (χ0n) is 11.5. The Kier molecular flexibility index (Phi) is 9.12. The van der Waals surface area contributed by atoms with Crippen LogP contribution in [0.3, 0.4) is 0 Å². The maximum atomic E-state index is 10.9. The number of rotatable bonds is 5. The van der Waals surface area contributed by atoms with E-state index < -0.39 is 0 Å². The molecule has 1 rings (SSSR count). The lowest BCUT2D eigenvalue weighted by atomic mass is 10.0. The summed E-state index contributed by atoms with van der Waals surface area (Å²) in [5.74, 6) is -0.123. The lowest BCUT2D eigenvalue weighted by molar-refractivity contribution is -0.140. The van der Waals surface area contributed by atoms with Crippen molar-refractivity contribution in [3.63, 3.8) is 0 Å². The molecule has 2 nitrogen and oxygen atoms in total. The average molecular weight is 236 g/mol. The number of hydrogen-bond donors (Lipinski definition) is 0. The third-order valence-electron chi connectivity index (χ3n) is 2.47. The van der Waals surface area contributed by atoms with Crippen LogP contribution < -0.4 is 0 Å². The molecular weight excluding hydrogens is 212 g/mol. The fourth-order valence-corrected chi connectivity index (χ4v) is 1.54. The highest BCUT2D eigenvalue weighted by Crippen LogP contribution is 2.09. The lowest BCUT2D eigenvalue weighted by Crippen LogP contribution is -2.00. The Hall–Kier alpha value is -1.31. The molecule has 2 heteroatoms. The van der Waals surface area contributed by atoms with Gasteiger partial charge in [-0.25, -0.2) is 0 Å². The Morgan fingerprint density at radius 2 is 1.88 bits per heavy atom. The molecule has 0 amide bonds. The largest absolute Gasteiger partial charge is 0.469 e. The van der Waals surface area contributed by atoms with Crippen molar-refractivity contribution in [1.82, 2.24) is 0 Å². The van der Waals surface area contributed by atoms with Gasteiger partial charge >= 0.3 is 5.97 Å². The summed E-state index contributed by atoms with van der Waals surface area (Å²) in [7, 11) is 1.43. The van der Waals surface area contributed by atoms with Crippen LogP contribution in [0.15, 0.2) is 24.3 Å². The third-order valence-corrected chi connectivity index (χ3v) is 2.47. The highest BCUT2D eigenvalue weighted by atomic mass is 16.5. The van der Waals surface area contributed by atoms with E-state index in [1.165, 1.54) is 18.2 Å². The van der Waals surface area contributed by atoms with Gasteiger partial charge in [-0.1, -0.05) is 45.0 Å². The van der Waals surface area contributed by atoms with Gasteiger partial charge in [-0.2, -0.15) is 0 Å². The highest BCUT2D eigenvalue weighted by Gasteiger charge is 2.00. The number of carbonyl (C=O) groups is 1. The molecule has 0 fully saturated rings. The van der Waals surface area contributed by atoms with E-state index in [2.05, 4.69) is 35.9 Å². The van der Waals surface area contributed by atoms with Crippen molar-refractivity contribution in [2.75, 3.05) is 7.11 Å². The summed E-state index contributed by atoms with van der Waals surface area (Å²) in [5, 5.41) is 0. The fraction of sp³-hybridized carbons (Fsp3) is 0.533. The highest BCUT2D eigenvalue weighted by molar-refractivity contribution is 5.69. The number of hydrogen-bond acceptors (Lipinski definition) is 2. The van der Waals surface area contributed by atoms with Crippen molar-refractivity contribution in [1.29, 1.82) is 0 Å². The zero-order chi connectivity index (χ0) is 13.1. The van der Waals surface area contributed by atoms with Crippen molar-refractivity contribution in [2.45, 2.75) is 46.5 Å². The summed E-state index contributed by atoms with van der Waals surface area (Å²) in [5.41, 5.74) is 2.66. The number of ether oxygens (including phenoxy) is 1. The van der Waals surface area contributed by atoms with Crippen LogP contribution in [0.5, 0.6) is 0 Å². The Bertz CT molecular complexity index is 318. The van der Waals surface area contributed by atoms with Crippen molar-refractivity contribution in [3.8, 4) is 0 Å². The molecule has 0 radical (unpaired) electrons. The molecule has 17 heavy (non-hydrogen) atoms. The van der Waals surface area contributed by atoms with Gasteiger partial charge in [0.15, 0.2) is 0 Å². The molecule has 0 saturated carbocycles. The standard InChI is InChI=1S/C13H18O2.C2H6/c1-3-11-6-4-7-12(10-11)8-5-9-13(14)15-2;1-2/h4,6-7,10H,3,5,8-9H2,1-2H3;1-2H3. The van der Waals surface area contributed by atoms with Crippen LogP contribution in [-0.4, -0.2) is 13.1 Å². The molecule has 0 aliphatic carbocycles. The third kappa shape index (κ3) is 6.77. The maximum absolute atomic E-state index is 10.9. The van der Waals surface area contributed by atoms with Crippen LogP contribution in [0.1, 0.15) is 44.7 Å². The molecule has 0 aliphatic heterocycles. The van der Waals surface area contributed by atoms with Gasteiger partial charge < -0.3 is 4.74 Å². The Morgan fingerprint density at radius 3 is 2.47 bits per heavy atom.